The van der Waals surface area contributed by atoms with Crippen molar-refractivity contribution in [2.45, 2.75) is 0 Å². The third kappa shape index (κ3) is 2.81. The Bertz CT molecular complexity index is 986. The number of thiophene rings is 2. The highest BCUT2D eigenvalue weighted by molar-refractivity contribution is 7.14. The highest BCUT2D eigenvalue weighted by Crippen LogP contribution is 2.39. The summed E-state index contributed by atoms with van der Waals surface area (Å²) in [4.78, 5) is 20.4. The highest BCUT2D eigenvalue weighted by atomic mass is 32.1. The molecule has 0 saturated heterocycles. The molecular weight excluding hydrogens is 358 g/mol. The maximum atomic E-state index is 11.0. The van der Waals surface area contributed by atoms with E-state index in [0.717, 1.165) is 21.1 Å². The van der Waals surface area contributed by atoms with Crippen LogP contribution >= 0.6 is 22.7 Å². The number of benzene rings is 1. The number of hydrogen-bond donors (Lipinski definition) is 2. The predicted octanol–water partition coefficient (Wildman–Crippen LogP) is 5.15. The van der Waals surface area contributed by atoms with E-state index < -0.39 is 4.92 Å². The minimum atomic E-state index is -0.494. The van der Waals surface area contributed by atoms with Gasteiger partial charge in [0.05, 0.1) is 25.9 Å². The molecule has 8 heteroatoms. The van der Waals surface area contributed by atoms with E-state index in [1.165, 1.54) is 18.2 Å². The van der Waals surface area contributed by atoms with Gasteiger partial charge in [0, 0.05) is 12.1 Å². The summed E-state index contributed by atoms with van der Waals surface area (Å²) in [6, 6.07) is 11.7. The maximum absolute atomic E-state index is 11.0. The zero-order valence-electron chi connectivity index (χ0n) is 12.7. The summed E-state index contributed by atoms with van der Waals surface area (Å²) in [6.07, 6.45) is 0. The van der Waals surface area contributed by atoms with Crippen molar-refractivity contribution in [1.82, 2.24) is 9.97 Å². The van der Waals surface area contributed by atoms with Crippen molar-refractivity contribution < 1.29 is 10.0 Å². The molecule has 3 aromatic heterocycles. The van der Waals surface area contributed by atoms with E-state index in [1.54, 1.807) is 22.7 Å². The molecule has 0 aliphatic carbocycles. The van der Waals surface area contributed by atoms with E-state index in [9.17, 15) is 15.2 Å². The van der Waals surface area contributed by atoms with Crippen LogP contribution in [0.15, 0.2) is 53.2 Å². The van der Waals surface area contributed by atoms with E-state index in [-0.39, 0.29) is 11.4 Å². The molecule has 0 saturated carbocycles. The molecule has 124 valence electrons. The molecule has 25 heavy (non-hydrogen) atoms. The van der Waals surface area contributed by atoms with Gasteiger partial charge in [-0.2, -0.15) is 0 Å². The quantitative estimate of drug-likeness (QED) is 0.384. The number of aromatic amines is 1. The molecule has 0 atom stereocenters. The lowest BCUT2D eigenvalue weighted by Gasteiger charge is -2.01. The monoisotopic (exact) mass is 369 g/mol. The first kappa shape index (κ1) is 15.6. The first-order valence-electron chi connectivity index (χ1n) is 7.29. The van der Waals surface area contributed by atoms with Gasteiger partial charge in [-0.1, -0.05) is 12.1 Å². The van der Waals surface area contributed by atoms with Crippen molar-refractivity contribution in [3.63, 3.8) is 0 Å². The Hall–Kier alpha value is -2.97. The van der Waals surface area contributed by atoms with Crippen LogP contribution in [0, 0.1) is 10.1 Å². The van der Waals surface area contributed by atoms with E-state index in [0.29, 0.717) is 11.4 Å². The number of imidazole rings is 1. The molecule has 0 bridgehead atoms. The van der Waals surface area contributed by atoms with Gasteiger partial charge >= 0.3 is 0 Å². The largest absolute Gasteiger partial charge is 0.507 e. The number of phenols is 1. The normalized spacial score (nSPS) is 10.9. The zero-order valence-corrected chi connectivity index (χ0v) is 14.3. The SMILES string of the molecule is O=[N+]([O-])c1ccc(O)c(-c2nc(-c3cccs3)c(-c3cccs3)[nH]2)c1. The zero-order chi connectivity index (χ0) is 17.4. The molecule has 1 aromatic carbocycles. The second kappa shape index (κ2) is 6.15. The van der Waals surface area contributed by atoms with Crippen LogP contribution in [0.2, 0.25) is 0 Å². The molecule has 0 aliphatic heterocycles. The van der Waals surface area contributed by atoms with E-state index >= 15 is 0 Å². The van der Waals surface area contributed by atoms with Gasteiger partial charge in [-0.25, -0.2) is 4.98 Å². The summed E-state index contributed by atoms with van der Waals surface area (Å²) in [5.74, 6) is 0.336. The van der Waals surface area contributed by atoms with Crippen LogP contribution in [0.3, 0.4) is 0 Å². The summed E-state index contributed by atoms with van der Waals surface area (Å²) >= 11 is 3.13. The second-order valence-electron chi connectivity index (χ2n) is 5.22. The minimum Gasteiger partial charge on any atom is -0.507 e. The molecule has 4 rings (SSSR count). The van der Waals surface area contributed by atoms with E-state index in [4.69, 9.17) is 0 Å². The Balaban J connectivity index is 1.91. The van der Waals surface area contributed by atoms with Crippen molar-refractivity contribution in [2.75, 3.05) is 0 Å². The van der Waals surface area contributed by atoms with Gasteiger partial charge in [0.2, 0.25) is 0 Å². The van der Waals surface area contributed by atoms with Gasteiger partial charge in [-0.3, -0.25) is 10.1 Å². The van der Waals surface area contributed by atoms with Crippen molar-refractivity contribution in [3.05, 3.63) is 63.3 Å². The molecule has 6 nitrogen and oxygen atoms in total. The number of H-pyrrole nitrogens is 1. The molecule has 0 spiro atoms. The van der Waals surface area contributed by atoms with Gasteiger partial charge in [0.25, 0.3) is 5.69 Å². The van der Waals surface area contributed by atoms with Crippen LogP contribution in [-0.4, -0.2) is 20.0 Å². The third-order valence-electron chi connectivity index (χ3n) is 3.67. The first-order valence-corrected chi connectivity index (χ1v) is 9.05. The Kier molecular flexibility index (Phi) is 3.83. The van der Waals surface area contributed by atoms with Crippen LogP contribution in [0.25, 0.3) is 32.5 Å². The smallest absolute Gasteiger partial charge is 0.270 e. The molecule has 3 heterocycles. The van der Waals surface area contributed by atoms with Gasteiger partial charge in [-0.15, -0.1) is 22.7 Å². The number of nitro benzene ring substituents is 1. The molecular formula is C17H11N3O3S2. The number of aromatic hydroxyl groups is 1. The van der Waals surface area contributed by atoms with Gasteiger partial charge < -0.3 is 10.1 Å². The molecule has 4 aromatic rings. The average Bonchev–Trinajstić information content (AvgIpc) is 3.34. The Morgan fingerprint density at radius 1 is 1.08 bits per heavy atom. The summed E-state index contributed by atoms with van der Waals surface area (Å²) in [5, 5.41) is 25.1. The fourth-order valence-corrected chi connectivity index (χ4v) is 3.97. The lowest BCUT2D eigenvalue weighted by Crippen LogP contribution is -1.89. The number of nitrogens with one attached hydrogen (secondary N) is 1. The van der Waals surface area contributed by atoms with Crippen molar-refractivity contribution in [2.24, 2.45) is 0 Å². The molecule has 0 radical (unpaired) electrons. The fourth-order valence-electron chi connectivity index (χ4n) is 2.52. The van der Waals surface area contributed by atoms with Crippen LogP contribution in [-0.2, 0) is 0 Å². The number of phenolic OH excluding ortho intramolecular Hbond substituents is 1. The average molecular weight is 369 g/mol. The standard InChI is InChI=1S/C17H11N3O3S2/c21-12-6-5-10(20(22)23)9-11(12)17-18-15(13-3-1-7-24-13)16(19-17)14-4-2-8-25-14/h1-9,21H,(H,18,19). The van der Waals surface area contributed by atoms with Gasteiger partial charge in [-0.05, 0) is 29.0 Å². The number of nitrogens with zero attached hydrogens (tertiary/aromatic N) is 2. The van der Waals surface area contributed by atoms with Gasteiger partial charge in [0.1, 0.15) is 17.3 Å². The first-order chi connectivity index (χ1) is 12.1. The van der Waals surface area contributed by atoms with Crippen LogP contribution in [0.1, 0.15) is 0 Å². The number of non-ortho nitro benzene ring substituents is 1. The second-order valence-corrected chi connectivity index (χ2v) is 7.12. The lowest BCUT2D eigenvalue weighted by molar-refractivity contribution is -0.384. The molecule has 0 unspecified atom stereocenters. The molecule has 0 fully saturated rings. The summed E-state index contributed by atoms with van der Waals surface area (Å²) in [6.45, 7) is 0. The number of aromatic nitrogens is 2. The molecule has 0 amide bonds. The van der Waals surface area contributed by atoms with E-state index in [1.807, 2.05) is 35.0 Å². The Labute approximate surface area is 150 Å². The van der Waals surface area contributed by atoms with Crippen LogP contribution in [0.4, 0.5) is 5.69 Å². The third-order valence-corrected chi connectivity index (χ3v) is 5.44. The Morgan fingerprint density at radius 3 is 2.44 bits per heavy atom. The summed E-state index contributed by atoms with van der Waals surface area (Å²) in [7, 11) is 0. The molecule has 0 aliphatic rings. The maximum Gasteiger partial charge on any atom is 0.270 e. The van der Waals surface area contributed by atoms with Crippen molar-refractivity contribution in [1.29, 1.82) is 0 Å². The lowest BCUT2D eigenvalue weighted by atomic mass is 10.1. The predicted molar refractivity (Wildman–Crippen MR) is 99.0 cm³/mol. The fraction of sp³-hybridized carbons (Fsp3) is 0. The Morgan fingerprint density at radius 2 is 1.80 bits per heavy atom. The van der Waals surface area contributed by atoms with Crippen LogP contribution < -0.4 is 0 Å². The van der Waals surface area contributed by atoms with Crippen LogP contribution in [0.5, 0.6) is 5.75 Å². The van der Waals surface area contributed by atoms with E-state index in [2.05, 4.69) is 9.97 Å². The number of hydrogen-bond acceptors (Lipinski definition) is 6. The van der Waals surface area contributed by atoms with Crippen molar-refractivity contribution in [3.8, 4) is 38.3 Å². The summed E-state index contributed by atoms with van der Waals surface area (Å²) in [5.41, 5.74) is 1.80. The minimum absolute atomic E-state index is 0.0604. The number of nitro groups is 1. The van der Waals surface area contributed by atoms with Crippen molar-refractivity contribution >= 4 is 28.4 Å². The topological polar surface area (TPSA) is 92.1 Å². The summed E-state index contributed by atoms with van der Waals surface area (Å²) < 4.78 is 0. The number of rotatable bonds is 4. The highest BCUT2D eigenvalue weighted by Gasteiger charge is 2.20. The van der Waals surface area contributed by atoms with Gasteiger partial charge in [0.15, 0.2) is 0 Å². The molecule has 2 N–H and O–H groups in total.